The lowest BCUT2D eigenvalue weighted by Gasteiger charge is -2.28. The highest BCUT2D eigenvalue weighted by atomic mass is 32.1. The molecule has 3 heterocycles. The van der Waals surface area contributed by atoms with Crippen LogP contribution in [-0.4, -0.2) is 38.1 Å². The van der Waals surface area contributed by atoms with Crippen LogP contribution < -0.4 is 11.1 Å². The number of rotatable bonds is 3. The third-order valence-corrected chi connectivity index (χ3v) is 6.20. The Labute approximate surface area is 186 Å². The van der Waals surface area contributed by atoms with Crippen LogP contribution in [0.1, 0.15) is 21.6 Å². The Hall–Kier alpha value is -3.79. The number of urea groups is 1. The molecule has 1 aliphatic heterocycles. The Bertz CT molecular complexity index is 1360. The van der Waals surface area contributed by atoms with Gasteiger partial charge in [-0.1, -0.05) is 0 Å². The molecule has 3 amide bonds. The average molecular weight is 450 g/mol. The predicted octanol–water partition coefficient (Wildman–Crippen LogP) is 3.75. The summed E-state index contributed by atoms with van der Waals surface area (Å²) in [7, 11) is 0. The monoisotopic (exact) mass is 450 g/mol. The summed E-state index contributed by atoms with van der Waals surface area (Å²) in [5.41, 5.74) is 11.2. The number of hydrogen-bond acceptors (Lipinski definition) is 5. The molecule has 0 unspecified atom stereocenters. The highest BCUT2D eigenvalue weighted by Gasteiger charge is 2.30. The highest BCUT2D eigenvalue weighted by Crippen LogP contribution is 2.30. The molecule has 3 N–H and O–H groups in total. The second-order valence-corrected chi connectivity index (χ2v) is 8.55. The summed E-state index contributed by atoms with van der Waals surface area (Å²) in [4.78, 5) is 31.1. The predicted molar refractivity (Wildman–Crippen MR) is 120 cm³/mol. The zero-order valence-corrected chi connectivity index (χ0v) is 17.9. The van der Waals surface area contributed by atoms with Crippen molar-refractivity contribution in [3.63, 3.8) is 0 Å². The summed E-state index contributed by atoms with van der Waals surface area (Å²) in [6, 6.07) is 9.72. The minimum Gasteiger partial charge on any atom is -0.365 e. The van der Waals surface area contributed by atoms with Crippen molar-refractivity contribution in [1.82, 2.24) is 19.7 Å². The number of carbonyl (C=O) groups excluding carboxylic acids is 2. The van der Waals surface area contributed by atoms with Crippen LogP contribution in [0.25, 0.3) is 21.5 Å². The lowest BCUT2D eigenvalue weighted by atomic mass is 10.0. The van der Waals surface area contributed by atoms with Crippen LogP contribution in [0.4, 0.5) is 14.9 Å². The maximum absolute atomic E-state index is 14.0. The lowest BCUT2D eigenvalue weighted by Crippen LogP contribution is -2.41. The van der Waals surface area contributed by atoms with E-state index in [0.717, 1.165) is 10.2 Å². The van der Waals surface area contributed by atoms with E-state index in [1.165, 1.54) is 23.5 Å². The second kappa shape index (κ2) is 7.72. The number of nitrogens with one attached hydrogen (secondary N) is 1. The molecule has 162 valence electrons. The Morgan fingerprint density at radius 2 is 2.03 bits per heavy atom. The molecule has 2 aromatic heterocycles. The Morgan fingerprint density at radius 3 is 2.81 bits per heavy atom. The van der Waals surface area contributed by atoms with E-state index in [-0.39, 0.29) is 18.1 Å². The summed E-state index contributed by atoms with van der Waals surface area (Å²) in [5.74, 6) is -1.08. The number of aromatic nitrogens is 3. The van der Waals surface area contributed by atoms with Gasteiger partial charge in [-0.05, 0) is 48.9 Å². The molecule has 0 aliphatic carbocycles. The molecule has 10 heteroatoms. The van der Waals surface area contributed by atoms with Gasteiger partial charge in [-0.15, -0.1) is 11.3 Å². The fourth-order valence-corrected chi connectivity index (χ4v) is 4.68. The third-order valence-electron chi connectivity index (χ3n) is 5.41. The number of aryl methyl sites for hydroxylation is 1. The minimum absolute atomic E-state index is 0.161. The molecule has 2 aromatic carbocycles. The standard InChI is InChI=1S/C22H19FN6O2S/c1-12-6-13(8-14(23)7-12)20-19(21(24)30)17-10-28(4-5-29(17)27-20)22(31)26-15-2-3-16-18(9-15)32-11-25-16/h2-3,6-9,11H,4-5,10H2,1H3,(H2,24,30)(H,26,31). The largest absolute Gasteiger partial charge is 0.365 e. The van der Waals surface area contributed by atoms with Crippen molar-refractivity contribution in [2.24, 2.45) is 5.73 Å². The molecule has 0 saturated heterocycles. The molecule has 5 rings (SSSR count). The molecule has 1 aliphatic rings. The molecular formula is C22H19FN6O2S. The van der Waals surface area contributed by atoms with Gasteiger partial charge in [-0.25, -0.2) is 14.2 Å². The maximum Gasteiger partial charge on any atom is 0.322 e. The van der Waals surface area contributed by atoms with Gasteiger partial charge in [-0.2, -0.15) is 5.10 Å². The second-order valence-electron chi connectivity index (χ2n) is 7.66. The Morgan fingerprint density at radius 1 is 1.19 bits per heavy atom. The van der Waals surface area contributed by atoms with E-state index in [2.05, 4.69) is 15.4 Å². The lowest BCUT2D eigenvalue weighted by molar-refractivity contribution is 0.0997. The first-order valence-corrected chi connectivity index (χ1v) is 10.8. The molecule has 0 radical (unpaired) electrons. The summed E-state index contributed by atoms with van der Waals surface area (Å²) < 4.78 is 16.6. The summed E-state index contributed by atoms with van der Waals surface area (Å²) in [5, 5.41) is 7.41. The molecule has 0 atom stereocenters. The highest BCUT2D eigenvalue weighted by molar-refractivity contribution is 7.16. The van der Waals surface area contributed by atoms with Gasteiger partial charge in [0.2, 0.25) is 0 Å². The van der Waals surface area contributed by atoms with Crippen molar-refractivity contribution in [1.29, 1.82) is 0 Å². The van der Waals surface area contributed by atoms with Crippen molar-refractivity contribution >= 4 is 39.2 Å². The number of anilines is 1. The van der Waals surface area contributed by atoms with Gasteiger partial charge in [0.25, 0.3) is 5.91 Å². The van der Waals surface area contributed by atoms with Crippen LogP contribution in [0.15, 0.2) is 41.9 Å². The Balaban J connectivity index is 1.44. The third kappa shape index (κ3) is 3.58. The first-order chi connectivity index (χ1) is 15.4. The first kappa shape index (κ1) is 20.1. The molecule has 0 spiro atoms. The van der Waals surface area contributed by atoms with E-state index in [0.29, 0.717) is 41.3 Å². The number of carbonyl (C=O) groups is 2. The normalized spacial score (nSPS) is 13.2. The van der Waals surface area contributed by atoms with Gasteiger partial charge in [0.15, 0.2) is 0 Å². The number of benzene rings is 2. The molecule has 0 saturated carbocycles. The van der Waals surface area contributed by atoms with Crippen molar-refractivity contribution in [3.05, 3.63) is 64.5 Å². The molecule has 4 aromatic rings. The molecule has 8 nitrogen and oxygen atoms in total. The number of amides is 3. The van der Waals surface area contributed by atoms with Gasteiger partial charge in [0.1, 0.15) is 11.5 Å². The van der Waals surface area contributed by atoms with Gasteiger partial charge in [-0.3, -0.25) is 9.48 Å². The number of thiazole rings is 1. The van der Waals surface area contributed by atoms with Crippen LogP contribution >= 0.6 is 11.3 Å². The SMILES string of the molecule is Cc1cc(F)cc(-c2nn3c(c2C(N)=O)CN(C(=O)Nc2ccc4ncsc4c2)CC3)c1. The summed E-state index contributed by atoms with van der Waals surface area (Å²) in [6.45, 7) is 2.73. The maximum atomic E-state index is 14.0. The quantitative estimate of drug-likeness (QED) is 0.496. The van der Waals surface area contributed by atoms with Gasteiger partial charge in [0.05, 0.1) is 40.1 Å². The van der Waals surface area contributed by atoms with Crippen LogP contribution in [0.2, 0.25) is 0 Å². The van der Waals surface area contributed by atoms with Crippen LogP contribution in [0.3, 0.4) is 0 Å². The van der Waals surface area contributed by atoms with E-state index in [9.17, 15) is 14.0 Å². The zero-order chi connectivity index (χ0) is 22.4. The number of primary amides is 1. The summed E-state index contributed by atoms with van der Waals surface area (Å²) >= 11 is 1.50. The minimum atomic E-state index is -0.666. The number of hydrogen-bond donors (Lipinski definition) is 2. The van der Waals surface area contributed by atoms with E-state index in [1.807, 2.05) is 12.1 Å². The van der Waals surface area contributed by atoms with Crippen molar-refractivity contribution in [2.75, 3.05) is 11.9 Å². The summed E-state index contributed by atoms with van der Waals surface area (Å²) in [6.07, 6.45) is 0. The fourth-order valence-electron chi connectivity index (χ4n) is 3.96. The molecule has 32 heavy (non-hydrogen) atoms. The van der Waals surface area contributed by atoms with Crippen molar-refractivity contribution in [3.8, 4) is 11.3 Å². The van der Waals surface area contributed by atoms with Crippen LogP contribution in [-0.2, 0) is 13.1 Å². The van der Waals surface area contributed by atoms with Crippen molar-refractivity contribution < 1.29 is 14.0 Å². The van der Waals surface area contributed by atoms with Gasteiger partial charge < -0.3 is 16.0 Å². The topological polar surface area (TPSA) is 106 Å². The Kier molecular flexibility index (Phi) is 4.86. The smallest absolute Gasteiger partial charge is 0.322 e. The van der Waals surface area contributed by atoms with E-state index < -0.39 is 11.7 Å². The number of fused-ring (bicyclic) bond motifs is 2. The molecule has 0 bridgehead atoms. The average Bonchev–Trinajstić information content (AvgIpc) is 3.36. The van der Waals surface area contributed by atoms with E-state index in [4.69, 9.17) is 5.73 Å². The molecule has 0 fully saturated rings. The van der Waals surface area contributed by atoms with Crippen molar-refractivity contribution in [2.45, 2.75) is 20.0 Å². The number of halogens is 1. The zero-order valence-electron chi connectivity index (χ0n) is 17.1. The fraction of sp³-hybridized carbons (Fsp3) is 0.182. The van der Waals surface area contributed by atoms with Gasteiger partial charge in [0, 0.05) is 17.8 Å². The molecular weight excluding hydrogens is 431 g/mol. The van der Waals surface area contributed by atoms with E-state index >= 15 is 0 Å². The van der Waals surface area contributed by atoms with E-state index in [1.54, 1.807) is 34.1 Å². The first-order valence-electron chi connectivity index (χ1n) is 9.95. The van der Waals surface area contributed by atoms with Crippen LogP contribution in [0.5, 0.6) is 0 Å². The van der Waals surface area contributed by atoms with Crippen LogP contribution in [0, 0.1) is 12.7 Å². The number of nitrogens with zero attached hydrogens (tertiary/aromatic N) is 4. The number of nitrogens with two attached hydrogens (primary N) is 1. The van der Waals surface area contributed by atoms with Gasteiger partial charge >= 0.3 is 6.03 Å².